The SMILES string of the molecule is Cc1nc2ccccc2n1-c1cncc(Nc2nc3ccc(C(F)(F)F)cc3s2)n1. The van der Waals surface area contributed by atoms with Gasteiger partial charge in [0.15, 0.2) is 16.8 Å². The number of thiazole rings is 1. The third kappa shape index (κ3) is 3.24. The number of hydrogen-bond acceptors (Lipinski definition) is 6. The predicted molar refractivity (Wildman–Crippen MR) is 109 cm³/mol. The molecule has 6 nitrogen and oxygen atoms in total. The highest BCUT2D eigenvalue weighted by atomic mass is 32.1. The van der Waals surface area contributed by atoms with Gasteiger partial charge in [0.05, 0.1) is 39.2 Å². The van der Waals surface area contributed by atoms with Gasteiger partial charge in [-0.15, -0.1) is 0 Å². The highest BCUT2D eigenvalue weighted by molar-refractivity contribution is 7.22. The third-order valence-electron chi connectivity index (χ3n) is 4.53. The van der Waals surface area contributed by atoms with E-state index in [0.717, 1.165) is 40.3 Å². The number of aryl methyl sites for hydroxylation is 1. The smallest absolute Gasteiger partial charge is 0.315 e. The van der Waals surface area contributed by atoms with E-state index < -0.39 is 11.7 Å². The van der Waals surface area contributed by atoms with Crippen molar-refractivity contribution in [3.8, 4) is 5.82 Å². The van der Waals surface area contributed by atoms with Crippen molar-refractivity contribution in [3.63, 3.8) is 0 Å². The summed E-state index contributed by atoms with van der Waals surface area (Å²) >= 11 is 1.12. The van der Waals surface area contributed by atoms with Gasteiger partial charge in [-0.25, -0.2) is 15.0 Å². The molecule has 0 bridgehead atoms. The Morgan fingerprint density at radius 1 is 0.967 bits per heavy atom. The zero-order chi connectivity index (χ0) is 20.9. The molecule has 1 N–H and O–H groups in total. The van der Waals surface area contributed by atoms with Crippen molar-refractivity contribution in [2.24, 2.45) is 0 Å². The molecule has 0 unspecified atom stereocenters. The summed E-state index contributed by atoms with van der Waals surface area (Å²) in [6.07, 6.45) is -1.23. The van der Waals surface area contributed by atoms with Crippen LogP contribution in [0.2, 0.25) is 0 Å². The molecule has 0 aliphatic heterocycles. The number of nitrogens with zero attached hydrogens (tertiary/aromatic N) is 5. The topological polar surface area (TPSA) is 68.5 Å². The molecular formula is C20H13F3N6S. The maximum atomic E-state index is 12.9. The van der Waals surface area contributed by atoms with E-state index in [2.05, 4.69) is 25.3 Å². The Morgan fingerprint density at radius 2 is 1.80 bits per heavy atom. The molecule has 5 aromatic rings. The maximum absolute atomic E-state index is 12.9. The zero-order valence-corrected chi connectivity index (χ0v) is 16.3. The van der Waals surface area contributed by atoms with Gasteiger partial charge in [-0.05, 0) is 37.3 Å². The molecule has 10 heteroatoms. The fourth-order valence-corrected chi connectivity index (χ4v) is 4.14. The fraction of sp³-hybridized carbons (Fsp3) is 0.100. The number of rotatable bonds is 3. The number of nitrogens with one attached hydrogen (secondary N) is 1. The second-order valence-corrected chi connectivity index (χ2v) is 7.60. The van der Waals surface area contributed by atoms with E-state index in [1.807, 2.05) is 35.8 Å². The van der Waals surface area contributed by atoms with E-state index in [0.29, 0.717) is 27.0 Å². The van der Waals surface area contributed by atoms with Gasteiger partial charge in [-0.3, -0.25) is 9.55 Å². The molecule has 0 aliphatic carbocycles. The lowest BCUT2D eigenvalue weighted by Gasteiger charge is -2.07. The van der Waals surface area contributed by atoms with E-state index in [4.69, 9.17) is 0 Å². The molecule has 3 heterocycles. The number of halogens is 3. The molecule has 150 valence electrons. The van der Waals surface area contributed by atoms with Gasteiger partial charge < -0.3 is 5.32 Å². The molecule has 0 spiro atoms. The summed E-state index contributed by atoms with van der Waals surface area (Å²) in [5, 5.41) is 3.47. The summed E-state index contributed by atoms with van der Waals surface area (Å²) < 4.78 is 41.1. The van der Waals surface area contributed by atoms with Crippen molar-refractivity contribution in [1.82, 2.24) is 24.5 Å². The fourth-order valence-electron chi connectivity index (χ4n) is 3.22. The van der Waals surface area contributed by atoms with Crippen LogP contribution in [0.5, 0.6) is 0 Å². The van der Waals surface area contributed by atoms with Crippen LogP contribution in [0.1, 0.15) is 11.4 Å². The number of hydrogen-bond donors (Lipinski definition) is 1. The molecule has 0 saturated carbocycles. The van der Waals surface area contributed by atoms with Crippen molar-refractivity contribution < 1.29 is 13.2 Å². The van der Waals surface area contributed by atoms with Crippen LogP contribution in [-0.2, 0) is 6.18 Å². The molecule has 30 heavy (non-hydrogen) atoms. The van der Waals surface area contributed by atoms with Crippen molar-refractivity contribution in [2.75, 3.05) is 5.32 Å². The normalized spacial score (nSPS) is 12.0. The minimum atomic E-state index is -4.39. The van der Waals surface area contributed by atoms with Crippen LogP contribution in [0, 0.1) is 6.92 Å². The molecule has 5 rings (SSSR count). The van der Waals surface area contributed by atoms with Crippen molar-refractivity contribution in [2.45, 2.75) is 13.1 Å². The number of alkyl halides is 3. The van der Waals surface area contributed by atoms with Gasteiger partial charge in [-0.2, -0.15) is 13.2 Å². The summed E-state index contributed by atoms with van der Waals surface area (Å²) in [5.74, 6) is 1.77. The summed E-state index contributed by atoms with van der Waals surface area (Å²) in [4.78, 5) is 17.7. The van der Waals surface area contributed by atoms with Crippen LogP contribution in [0.3, 0.4) is 0 Å². The standard InChI is InChI=1S/C20H13F3N6S/c1-11-25-13-4-2-3-5-15(13)29(11)18-10-24-9-17(27-18)28-19-26-14-7-6-12(20(21,22)23)8-16(14)30-19/h2-10H,1H3,(H,26,27,28). The van der Waals surface area contributed by atoms with Crippen LogP contribution in [-0.4, -0.2) is 24.5 Å². The second-order valence-electron chi connectivity index (χ2n) is 6.57. The lowest BCUT2D eigenvalue weighted by molar-refractivity contribution is -0.137. The number of imidazole rings is 1. The van der Waals surface area contributed by atoms with E-state index in [1.54, 1.807) is 6.20 Å². The number of fused-ring (bicyclic) bond motifs is 2. The van der Waals surface area contributed by atoms with Gasteiger partial charge in [0.2, 0.25) is 0 Å². The third-order valence-corrected chi connectivity index (χ3v) is 5.46. The first kappa shape index (κ1) is 18.5. The molecule has 0 radical (unpaired) electrons. The minimum absolute atomic E-state index is 0.430. The summed E-state index contributed by atoms with van der Waals surface area (Å²) in [7, 11) is 0. The zero-order valence-electron chi connectivity index (χ0n) is 15.5. The first-order valence-corrected chi connectivity index (χ1v) is 9.71. The molecule has 0 aliphatic rings. The van der Waals surface area contributed by atoms with Gasteiger partial charge in [0.1, 0.15) is 5.82 Å². The monoisotopic (exact) mass is 426 g/mol. The number of para-hydroxylation sites is 2. The van der Waals surface area contributed by atoms with E-state index >= 15 is 0 Å². The van der Waals surface area contributed by atoms with Crippen LogP contribution >= 0.6 is 11.3 Å². The quantitative estimate of drug-likeness (QED) is 0.413. The van der Waals surface area contributed by atoms with Crippen LogP contribution < -0.4 is 5.32 Å². The Kier molecular flexibility index (Phi) is 4.17. The summed E-state index contributed by atoms with van der Waals surface area (Å²) in [6.45, 7) is 1.88. The molecule has 0 amide bonds. The lowest BCUT2D eigenvalue weighted by Crippen LogP contribution is -2.03. The van der Waals surface area contributed by atoms with Crippen molar-refractivity contribution in [3.05, 3.63) is 66.2 Å². The first-order chi connectivity index (χ1) is 14.4. The van der Waals surface area contributed by atoms with Crippen LogP contribution in [0.15, 0.2) is 54.9 Å². The van der Waals surface area contributed by atoms with E-state index in [1.165, 1.54) is 12.3 Å². The number of aromatic nitrogens is 5. The summed E-state index contributed by atoms with van der Waals surface area (Å²) in [5.41, 5.74) is 1.54. The maximum Gasteiger partial charge on any atom is 0.416 e. The van der Waals surface area contributed by atoms with E-state index in [-0.39, 0.29) is 0 Å². The molecule has 2 aromatic carbocycles. The average molecular weight is 426 g/mol. The lowest BCUT2D eigenvalue weighted by atomic mass is 10.2. The van der Waals surface area contributed by atoms with Gasteiger partial charge in [0, 0.05) is 0 Å². The van der Waals surface area contributed by atoms with Gasteiger partial charge in [0.25, 0.3) is 0 Å². The van der Waals surface area contributed by atoms with Gasteiger partial charge >= 0.3 is 6.18 Å². The summed E-state index contributed by atoms with van der Waals surface area (Å²) in [6, 6.07) is 11.2. The number of benzene rings is 2. The van der Waals surface area contributed by atoms with Crippen LogP contribution in [0.4, 0.5) is 24.1 Å². The first-order valence-electron chi connectivity index (χ1n) is 8.90. The minimum Gasteiger partial charge on any atom is -0.315 e. The molecule has 3 aromatic heterocycles. The molecule has 0 fully saturated rings. The Bertz CT molecular complexity index is 1390. The Morgan fingerprint density at radius 3 is 2.63 bits per heavy atom. The highest BCUT2D eigenvalue weighted by Crippen LogP contribution is 2.35. The number of anilines is 2. The second kappa shape index (κ2) is 6.77. The van der Waals surface area contributed by atoms with Gasteiger partial charge in [-0.1, -0.05) is 23.5 Å². The Balaban J connectivity index is 1.50. The molecular weight excluding hydrogens is 413 g/mol. The van der Waals surface area contributed by atoms with E-state index in [9.17, 15) is 13.2 Å². The predicted octanol–water partition coefficient (Wildman–Crippen LogP) is 5.50. The molecule has 0 saturated heterocycles. The van der Waals surface area contributed by atoms with Crippen LogP contribution in [0.25, 0.3) is 27.1 Å². The molecule has 0 atom stereocenters. The highest BCUT2D eigenvalue weighted by Gasteiger charge is 2.30. The largest absolute Gasteiger partial charge is 0.416 e. The van der Waals surface area contributed by atoms with Crippen molar-refractivity contribution in [1.29, 1.82) is 0 Å². The van der Waals surface area contributed by atoms with Crippen molar-refractivity contribution >= 4 is 43.5 Å². The Hall–Kier alpha value is -3.53. The average Bonchev–Trinajstić information content (AvgIpc) is 3.25. The Labute approximate surface area is 172 Å².